The van der Waals surface area contributed by atoms with Crippen LogP contribution in [0.4, 0.5) is 5.95 Å². The standard InChI is InChI=1S/C16H17N7O/c1-9-15(10(2)23-16(22(9)3)19-20-21-23)14(24)7-11-4-5-13-12(6-11)8-17-18-13/h4-6,8,10H,7H2,1-3H3,(H,17,18). The van der Waals surface area contributed by atoms with Gasteiger partial charge in [-0.05, 0) is 42.0 Å². The zero-order valence-corrected chi connectivity index (χ0v) is 13.7. The fourth-order valence-corrected chi connectivity index (χ4v) is 3.23. The topological polar surface area (TPSA) is 92.6 Å². The first-order valence-electron chi connectivity index (χ1n) is 7.74. The molecule has 0 aliphatic carbocycles. The third kappa shape index (κ3) is 2.10. The van der Waals surface area contributed by atoms with Gasteiger partial charge in [0, 0.05) is 30.1 Å². The number of aromatic nitrogens is 6. The summed E-state index contributed by atoms with van der Waals surface area (Å²) >= 11 is 0. The highest BCUT2D eigenvalue weighted by Crippen LogP contribution is 2.32. The van der Waals surface area contributed by atoms with Crippen LogP contribution in [0.25, 0.3) is 10.9 Å². The van der Waals surface area contributed by atoms with E-state index in [1.807, 2.05) is 44.0 Å². The van der Waals surface area contributed by atoms with Crippen molar-refractivity contribution in [2.45, 2.75) is 26.3 Å². The summed E-state index contributed by atoms with van der Waals surface area (Å²) in [6.07, 6.45) is 2.10. The molecule has 1 N–H and O–H groups in total. The Kier molecular flexibility index (Phi) is 3.19. The number of hydrogen-bond acceptors (Lipinski definition) is 6. The number of nitrogens with zero attached hydrogens (tertiary/aromatic N) is 6. The van der Waals surface area contributed by atoms with Gasteiger partial charge in [0.25, 0.3) is 0 Å². The summed E-state index contributed by atoms with van der Waals surface area (Å²) in [5, 5.41) is 19.7. The summed E-state index contributed by atoms with van der Waals surface area (Å²) in [5.41, 5.74) is 3.56. The van der Waals surface area contributed by atoms with Crippen molar-refractivity contribution in [1.29, 1.82) is 0 Å². The molecule has 0 bridgehead atoms. The van der Waals surface area contributed by atoms with E-state index < -0.39 is 0 Å². The van der Waals surface area contributed by atoms with Gasteiger partial charge in [0.15, 0.2) is 5.78 Å². The molecular formula is C16H17N7O. The van der Waals surface area contributed by atoms with E-state index in [1.54, 1.807) is 10.9 Å². The van der Waals surface area contributed by atoms with Gasteiger partial charge in [-0.25, -0.2) is 4.68 Å². The maximum Gasteiger partial charge on any atom is 0.250 e. The van der Waals surface area contributed by atoms with Gasteiger partial charge in [0.05, 0.1) is 17.8 Å². The highest BCUT2D eigenvalue weighted by Gasteiger charge is 2.32. The Bertz CT molecular complexity index is 968. The quantitative estimate of drug-likeness (QED) is 0.788. The highest BCUT2D eigenvalue weighted by atomic mass is 16.1. The monoisotopic (exact) mass is 323 g/mol. The summed E-state index contributed by atoms with van der Waals surface area (Å²) in [5.74, 6) is 0.729. The van der Waals surface area contributed by atoms with Crippen LogP contribution in [0.3, 0.4) is 0 Å². The molecule has 8 heteroatoms. The number of H-pyrrole nitrogens is 1. The van der Waals surface area contributed by atoms with Crippen molar-refractivity contribution in [3.63, 3.8) is 0 Å². The van der Waals surface area contributed by atoms with Crippen molar-refractivity contribution in [2.24, 2.45) is 0 Å². The number of Topliss-reactive ketones (excluding diaryl/α,β-unsaturated/α-hetero) is 1. The van der Waals surface area contributed by atoms with Crippen molar-refractivity contribution >= 4 is 22.6 Å². The van der Waals surface area contributed by atoms with Gasteiger partial charge in [0.1, 0.15) is 0 Å². The zero-order valence-electron chi connectivity index (χ0n) is 13.7. The average Bonchev–Trinajstić information content (AvgIpc) is 3.21. The van der Waals surface area contributed by atoms with Crippen LogP contribution in [0.2, 0.25) is 0 Å². The van der Waals surface area contributed by atoms with Gasteiger partial charge >= 0.3 is 0 Å². The molecule has 1 aromatic carbocycles. The lowest BCUT2D eigenvalue weighted by Gasteiger charge is -2.30. The SMILES string of the molecule is CC1=C(C(=O)Cc2ccc3[nH]ncc3c2)C(C)n2nnnc2N1C. The molecule has 0 saturated heterocycles. The number of ketones is 1. The zero-order chi connectivity index (χ0) is 16.8. The molecule has 0 fully saturated rings. The van der Waals surface area contributed by atoms with Crippen molar-refractivity contribution in [1.82, 2.24) is 30.4 Å². The lowest BCUT2D eigenvalue weighted by Crippen LogP contribution is -2.32. The number of fused-ring (bicyclic) bond motifs is 2. The second kappa shape index (κ2) is 5.26. The van der Waals surface area contributed by atoms with Crippen LogP contribution in [0.15, 0.2) is 35.7 Å². The molecule has 8 nitrogen and oxygen atoms in total. The lowest BCUT2D eigenvalue weighted by molar-refractivity contribution is -0.115. The van der Waals surface area contributed by atoms with E-state index in [9.17, 15) is 4.79 Å². The molecule has 3 aromatic rings. The maximum absolute atomic E-state index is 13.0. The van der Waals surface area contributed by atoms with Gasteiger partial charge < -0.3 is 4.90 Å². The summed E-state index contributed by atoms with van der Waals surface area (Å²) in [6, 6.07) is 5.71. The number of allylic oxidation sites excluding steroid dienone is 2. The number of rotatable bonds is 3. The number of nitrogens with one attached hydrogen (secondary N) is 1. The maximum atomic E-state index is 13.0. The molecule has 0 saturated carbocycles. The summed E-state index contributed by atoms with van der Waals surface area (Å²) in [7, 11) is 1.87. The van der Waals surface area contributed by atoms with E-state index in [2.05, 4.69) is 25.7 Å². The van der Waals surface area contributed by atoms with Crippen LogP contribution in [0.5, 0.6) is 0 Å². The van der Waals surface area contributed by atoms with Crippen LogP contribution in [0.1, 0.15) is 25.5 Å². The fraction of sp³-hybridized carbons (Fsp3) is 0.312. The molecule has 122 valence electrons. The van der Waals surface area contributed by atoms with Gasteiger partial charge in [0.2, 0.25) is 5.95 Å². The summed E-state index contributed by atoms with van der Waals surface area (Å²) in [4.78, 5) is 14.8. The minimum atomic E-state index is -0.184. The number of aromatic amines is 1. The van der Waals surface area contributed by atoms with Gasteiger partial charge in [-0.1, -0.05) is 11.2 Å². The fourth-order valence-electron chi connectivity index (χ4n) is 3.23. The van der Waals surface area contributed by atoms with Gasteiger partial charge in [-0.2, -0.15) is 5.10 Å². The van der Waals surface area contributed by atoms with Gasteiger partial charge in [-0.15, -0.1) is 0 Å². The molecule has 24 heavy (non-hydrogen) atoms. The minimum absolute atomic E-state index is 0.0795. The first-order valence-corrected chi connectivity index (χ1v) is 7.74. The lowest BCUT2D eigenvalue weighted by atomic mass is 9.95. The smallest absolute Gasteiger partial charge is 0.250 e. The number of tetrazole rings is 1. The number of carbonyl (C=O) groups is 1. The van der Waals surface area contributed by atoms with Crippen molar-refractivity contribution < 1.29 is 4.79 Å². The Morgan fingerprint density at radius 3 is 3.04 bits per heavy atom. The minimum Gasteiger partial charge on any atom is -0.316 e. The number of hydrogen-bond donors (Lipinski definition) is 1. The molecule has 1 unspecified atom stereocenters. The third-order valence-electron chi connectivity index (χ3n) is 4.62. The summed E-state index contributed by atoms with van der Waals surface area (Å²) < 4.78 is 1.68. The predicted octanol–water partition coefficient (Wildman–Crippen LogP) is 1.65. The Morgan fingerprint density at radius 1 is 1.38 bits per heavy atom. The summed E-state index contributed by atoms with van der Waals surface area (Å²) in [6.45, 7) is 3.88. The van der Waals surface area contributed by atoms with Crippen LogP contribution in [0, 0.1) is 0 Å². The molecule has 2 aromatic heterocycles. The largest absolute Gasteiger partial charge is 0.316 e. The number of carbonyl (C=O) groups excluding carboxylic acids is 1. The molecule has 0 radical (unpaired) electrons. The second-order valence-electron chi connectivity index (χ2n) is 6.05. The highest BCUT2D eigenvalue weighted by molar-refractivity contribution is 5.99. The Morgan fingerprint density at radius 2 is 2.21 bits per heavy atom. The molecule has 4 rings (SSSR count). The van der Waals surface area contributed by atoms with Crippen LogP contribution in [-0.2, 0) is 11.2 Å². The predicted molar refractivity (Wildman–Crippen MR) is 88.4 cm³/mol. The van der Waals surface area contributed by atoms with E-state index in [1.165, 1.54) is 0 Å². The third-order valence-corrected chi connectivity index (χ3v) is 4.62. The normalized spacial score (nSPS) is 17.5. The van der Waals surface area contributed by atoms with E-state index in [0.717, 1.165) is 27.7 Å². The van der Waals surface area contributed by atoms with Crippen LogP contribution >= 0.6 is 0 Å². The number of benzene rings is 1. The molecule has 0 spiro atoms. The van der Waals surface area contributed by atoms with E-state index in [0.29, 0.717) is 12.4 Å². The second-order valence-corrected chi connectivity index (χ2v) is 6.05. The first kappa shape index (κ1) is 14.6. The Labute approximate surface area is 138 Å². The molecular weight excluding hydrogens is 306 g/mol. The molecule has 0 amide bonds. The molecule has 1 atom stereocenters. The van der Waals surface area contributed by atoms with Gasteiger partial charge in [-0.3, -0.25) is 9.89 Å². The first-order chi connectivity index (χ1) is 11.6. The van der Waals surface area contributed by atoms with Crippen LogP contribution in [-0.4, -0.2) is 43.2 Å². The molecule has 3 heterocycles. The van der Waals surface area contributed by atoms with E-state index in [-0.39, 0.29) is 11.8 Å². The Hall–Kier alpha value is -3.03. The van der Waals surface area contributed by atoms with E-state index in [4.69, 9.17) is 0 Å². The Balaban J connectivity index is 1.67. The molecule has 1 aliphatic rings. The van der Waals surface area contributed by atoms with E-state index >= 15 is 0 Å². The van der Waals surface area contributed by atoms with Crippen molar-refractivity contribution in [3.8, 4) is 0 Å². The van der Waals surface area contributed by atoms with Crippen molar-refractivity contribution in [3.05, 3.63) is 41.2 Å². The molecule has 1 aliphatic heterocycles. The number of anilines is 1. The van der Waals surface area contributed by atoms with Crippen LogP contribution < -0.4 is 4.90 Å². The van der Waals surface area contributed by atoms with Crippen molar-refractivity contribution in [2.75, 3.05) is 11.9 Å². The average molecular weight is 323 g/mol.